The van der Waals surface area contributed by atoms with Gasteiger partial charge in [-0.15, -0.1) is 6.42 Å². The molecule has 0 saturated carbocycles. The van der Waals surface area contributed by atoms with Crippen molar-refractivity contribution in [3.63, 3.8) is 0 Å². The summed E-state index contributed by atoms with van der Waals surface area (Å²) in [7, 11) is 0. The van der Waals surface area contributed by atoms with E-state index in [1.54, 1.807) is 4.90 Å². The fourth-order valence-electron chi connectivity index (χ4n) is 1.87. The molecule has 1 aromatic carbocycles. The van der Waals surface area contributed by atoms with Crippen LogP contribution in [-0.2, 0) is 11.2 Å². The molecule has 0 atom stereocenters. The van der Waals surface area contributed by atoms with Crippen molar-refractivity contribution >= 4 is 5.91 Å². The fraction of sp³-hybridized carbons (Fsp3) is 0.438. The largest absolute Gasteiger partial charge is 0.331 e. The molecule has 1 amide bonds. The highest BCUT2D eigenvalue weighted by atomic mass is 16.2. The Balaban J connectivity index is 2.73. The van der Waals surface area contributed by atoms with E-state index in [2.05, 4.69) is 31.9 Å². The van der Waals surface area contributed by atoms with E-state index in [-0.39, 0.29) is 5.91 Å². The highest BCUT2D eigenvalue weighted by molar-refractivity contribution is 5.79. The van der Waals surface area contributed by atoms with Gasteiger partial charge in [0.15, 0.2) is 0 Å². The van der Waals surface area contributed by atoms with Crippen molar-refractivity contribution in [1.82, 2.24) is 4.90 Å². The number of carbonyl (C=O) groups excluding carboxylic acids is 1. The van der Waals surface area contributed by atoms with Crippen LogP contribution in [0, 0.1) is 26.2 Å². The second-order valence-electron chi connectivity index (χ2n) is 4.61. The molecule has 0 aromatic heterocycles. The van der Waals surface area contributed by atoms with E-state index < -0.39 is 0 Å². The van der Waals surface area contributed by atoms with Crippen molar-refractivity contribution < 1.29 is 4.79 Å². The van der Waals surface area contributed by atoms with E-state index in [4.69, 9.17) is 6.42 Å². The summed E-state index contributed by atoms with van der Waals surface area (Å²) < 4.78 is 0. The number of terminal acetylenes is 1. The molecule has 0 radical (unpaired) electrons. The van der Waals surface area contributed by atoms with E-state index in [0.29, 0.717) is 13.0 Å². The maximum atomic E-state index is 12.1. The molecule has 0 heterocycles. The molecule has 0 bridgehead atoms. The Morgan fingerprint density at radius 2 is 2.06 bits per heavy atom. The van der Waals surface area contributed by atoms with Crippen LogP contribution >= 0.6 is 0 Å². The molecule has 0 fully saturated rings. The van der Waals surface area contributed by atoms with Crippen molar-refractivity contribution in [2.45, 2.75) is 33.6 Å². The van der Waals surface area contributed by atoms with Gasteiger partial charge < -0.3 is 4.90 Å². The normalized spacial score (nSPS) is 9.89. The van der Waals surface area contributed by atoms with Gasteiger partial charge in [0.2, 0.25) is 5.91 Å². The van der Waals surface area contributed by atoms with E-state index in [1.165, 1.54) is 11.1 Å². The third kappa shape index (κ3) is 3.92. The zero-order valence-electron chi connectivity index (χ0n) is 11.5. The third-order valence-corrected chi connectivity index (χ3v) is 3.06. The van der Waals surface area contributed by atoms with Crippen LogP contribution in [0.4, 0.5) is 0 Å². The van der Waals surface area contributed by atoms with Crippen LogP contribution in [-0.4, -0.2) is 23.9 Å². The average molecular weight is 243 g/mol. The number of amides is 1. The minimum Gasteiger partial charge on any atom is -0.331 e. The molecule has 18 heavy (non-hydrogen) atoms. The van der Waals surface area contributed by atoms with E-state index in [0.717, 1.165) is 18.5 Å². The first kappa shape index (κ1) is 14.3. The van der Waals surface area contributed by atoms with E-state index in [1.807, 2.05) is 13.0 Å². The summed E-state index contributed by atoms with van der Waals surface area (Å²) in [5.41, 5.74) is 3.53. The lowest BCUT2D eigenvalue weighted by molar-refractivity contribution is -0.129. The van der Waals surface area contributed by atoms with Gasteiger partial charge in [-0.05, 0) is 37.0 Å². The molecular weight excluding hydrogens is 222 g/mol. The Hall–Kier alpha value is -1.75. The minimum absolute atomic E-state index is 0.109. The first-order chi connectivity index (χ1) is 8.58. The van der Waals surface area contributed by atoms with Gasteiger partial charge >= 0.3 is 0 Å². The van der Waals surface area contributed by atoms with Gasteiger partial charge in [-0.25, -0.2) is 0 Å². The van der Waals surface area contributed by atoms with Gasteiger partial charge in [0.25, 0.3) is 0 Å². The molecule has 1 rings (SSSR count). The lowest BCUT2D eigenvalue weighted by atomic mass is 10.0. The topological polar surface area (TPSA) is 20.3 Å². The predicted octanol–water partition coefficient (Wildman–Crippen LogP) is 2.72. The number of nitrogens with zero attached hydrogens (tertiary/aromatic N) is 1. The molecule has 0 saturated heterocycles. The monoisotopic (exact) mass is 243 g/mol. The molecule has 0 unspecified atom stereocenters. The van der Waals surface area contributed by atoms with Crippen molar-refractivity contribution in [2.24, 2.45) is 0 Å². The molecule has 2 heteroatoms. The lowest BCUT2D eigenvalue weighted by Crippen LogP contribution is -2.33. The zero-order valence-corrected chi connectivity index (χ0v) is 11.5. The first-order valence-corrected chi connectivity index (χ1v) is 6.35. The number of rotatable bonds is 5. The Morgan fingerprint density at radius 1 is 1.33 bits per heavy atom. The van der Waals surface area contributed by atoms with Gasteiger partial charge in [0, 0.05) is 6.54 Å². The molecule has 0 aliphatic carbocycles. The summed E-state index contributed by atoms with van der Waals surface area (Å²) in [4.78, 5) is 13.9. The van der Waals surface area contributed by atoms with Gasteiger partial charge in [-0.2, -0.15) is 0 Å². The van der Waals surface area contributed by atoms with Crippen molar-refractivity contribution in [3.8, 4) is 12.3 Å². The summed E-state index contributed by atoms with van der Waals surface area (Å²) in [5, 5.41) is 0. The zero-order chi connectivity index (χ0) is 13.5. The van der Waals surface area contributed by atoms with Gasteiger partial charge in [-0.1, -0.05) is 31.0 Å². The molecule has 96 valence electrons. The SMILES string of the molecule is C#CCN(CCC)C(=O)Cc1ccc(C)c(C)c1. The second kappa shape index (κ2) is 6.86. The van der Waals surface area contributed by atoms with Crippen LogP contribution in [0.3, 0.4) is 0 Å². The molecule has 0 spiro atoms. The maximum absolute atomic E-state index is 12.1. The number of carbonyl (C=O) groups is 1. The summed E-state index contributed by atoms with van der Waals surface area (Å²) >= 11 is 0. The van der Waals surface area contributed by atoms with Gasteiger partial charge in [0.1, 0.15) is 0 Å². The number of hydrogen-bond acceptors (Lipinski definition) is 1. The van der Waals surface area contributed by atoms with Gasteiger partial charge in [-0.3, -0.25) is 4.79 Å². The second-order valence-corrected chi connectivity index (χ2v) is 4.61. The van der Waals surface area contributed by atoms with Crippen LogP contribution in [0.1, 0.15) is 30.0 Å². The first-order valence-electron chi connectivity index (χ1n) is 6.35. The average Bonchev–Trinajstić information content (AvgIpc) is 2.33. The summed E-state index contributed by atoms with van der Waals surface area (Å²) in [6.07, 6.45) is 6.66. The molecule has 2 nitrogen and oxygen atoms in total. The van der Waals surface area contributed by atoms with E-state index >= 15 is 0 Å². The number of benzene rings is 1. The van der Waals surface area contributed by atoms with Crippen LogP contribution < -0.4 is 0 Å². The number of hydrogen-bond donors (Lipinski definition) is 0. The third-order valence-electron chi connectivity index (χ3n) is 3.06. The highest BCUT2D eigenvalue weighted by Gasteiger charge is 2.12. The van der Waals surface area contributed by atoms with Crippen molar-refractivity contribution in [2.75, 3.05) is 13.1 Å². The quantitative estimate of drug-likeness (QED) is 0.728. The Labute approximate surface area is 110 Å². The molecule has 0 aliphatic rings. The summed E-state index contributed by atoms with van der Waals surface area (Å²) in [6.45, 7) is 7.31. The maximum Gasteiger partial charge on any atom is 0.227 e. The Morgan fingerprint density at radius 3 is 2.61 bits per heavy atom. The standard InChI is InChI=1S/C16H21NO/c1-5-9-17(10-6-2)16(18)12-15-8-7-13(3)14(4)11-15/h1,7-8,11H,6,9-10,12H2,2-4H3. The lowest BCUT2D eigenvalue weighted by Gasteiger charge is -2.19. The summed E-state index contributed by atoms with van der Waals surface area (Å²) in [5.74, 6) is 2.65. The minimum atomic E-state index is 0.109. The van der Waals surface area contributed by atoms with Crippen LogP contribution in [0.5, 0.6) is 0 Å². The highest BCUT2D eigenvalue weighted by Crippen LogP contribution is 2.11. The van der Waals surface area contributed by atoms with Crippen molar-refractivity contribution in [3.05, 3.63) is 34.9 Å². The van der Waals surface area contributed by atoms with E-state index in [9.17, 15) is 4.79 Å². The predicted molar refractivity (Wildman–Crippen MR) is 75.3 cm³/mol. The Bertz CT molecular complexity index is 457. The van der Waals surface area contributed by atoms with Crippen LogP contribution in [0.2, 0.25) is 0 Å². The van der Waals surface area contributed by atoms with Gasteiger partial charge in [0.05, 0.1) is 13.0 Å². The molecule has 0 aliphatic heterocycles. The van der Waals surface area contributed by atoms with Crippen LogP contribution in [0.25, 0.3) is 0 Å². The van der Waals surface area contributed by atoms with Crippen LogP contribution in [0.15, 0.2) is 18.2 Å². The smallest absolute Gasteiger partial charge is 0.227 e. The summed E-state index contributed by atoms with van der Waals surface area (Å²) in [6, 6.07) is 6.15. The molecular formula is C16H21NO. The van der Waals surface area contributed by atoms with Crippen molar-refractivity contribution in [1.29, 1.82) is 0 Å². The number of aryl methyl sites for hydroxylation is 2. The fourth-order valence-corrected chi connectivity index (χ4v) is 1.87. The molecule has 0 N–H and O–H groups in total. The molecule has 1 aromatic rings. The Kier molecular flexibility index (Phi) is 5.45.